The molecule has 0 radical (unpaired) electrons. The lowest BCUT2D eigenvalue weighted by atomic mass is 10.2. The van der Waals surface area contributed by atoms with Crippen molar-refractivity contribution in [2.24, 2.45) is 5.73 Å². The summed E-state index contributed by atoms with van der Waals surface area (Å²) in [5, 5.41) is 2.57. The smallest absolute Gasteiger partial charge is 0.279 e. The third-order valence-electron chi connectivity index (χ3n) is 2.34. The zero-order chi connectivity index (χ0) is 13.0. The molecule has 0 saturated carbocycles. The molecule has 0 aliphatic rings. The summed E-state index contributed by atoms with van der Waals surface area (Å²) in [6.07, 6.45) is 0. The number of hydrogen-bond acceptors (Lipinski definition) is 5. The zero-order valence-corrected chi connectivity index (χ0v) is 11.3. The Labute approximate surface area is 110 Å². The van der Waals surface area contributed by atoms with E-state index >= 15 is 0 Å². The number of rotatable bonds is 5. The quantitative estimate of drug-likeness (QED) is 0.901. The van der Waals surface area contributed by atoms with Crippen molar-refractivity contribution in [3.63, 3.8) is 0 Å². The molecule has 0 aliphatic carbocycles. The van der Waals surface area contributed by atoms with Crippen LogP contribution in [0, 0.1) is 6.92 Å². The average Bonchev–Trinajstić information content (AvgIpc) is 2.77. The summed E-state index contributed by atoms with van der Waals surface area (Å²) in [5.74, 6) is 1.37. The van der Waals surface area contributed by atoms with E-state index in [1.807, 2.05) is 37.4 Å². The van der Waals surface area contributed by atoms with E-state index in [0.717, 1.165) is 11.3 Å². The standard InChI is InChI=1S/C13H16N2O2S/c1-3-16-12-6-10(7-14)4-5-11(12)17-13-15-9(2)8-18-13/h4-6,8H,3,7,14H2,1-2H3. The van der Waals surface area contributed by atoms with Crippen LogP contribution in [0.1, 0.15) is 18.2 Å². The van der Waals surface area contributed by atoms with Gasteiger partial charge in [-0.05, 0) is 31.5 Å². The van der Waals surface area contributed by atoms with Gasteiger partial charge in [0.2, 0.25) is 0 Å². The van der Waals surface area contributed by atoms with Gasteiger partial charge in [0.15, 0.2) is 11.5 Å². The van der Waals surface area contributed by atoms with E-state index in [1.54, 1.807) is 0 Å². The number of nitrogens with two attached hydrogens (primary N) is 1. The zero-order valence-electron chi connectivity index (χ0n) is 10.5. The minimum Gasteiger partial charge on any atom is -0.490 e. The minimum atomic E-state index is 0.483. The molecule has 0 unspecified atom stereocenters. The predicted molar refractivity (Wildman–Crippen MR) is 72.4 cm³/mol. The molecule has 96 valence electrons. The van der Waals surface area contributed by atoms with E-state index in [-0.39, 0.29) is 0 Å². The molecule has 2 N–H and O–H groups in total. The first-order valence-electron chi connectivity index (χ1n) is 5.78. The third-order valence-corrected chi connectivity index (χ3v) is 3.17. The molecule has 4 nitrogen and oxygen atoms in total. The van der Waals surface area contributed by atoms with Gasteiger partial charge >= 0.3 is 0 Å². The number of nitrogens with zero attached hydrogens (tertiary/aromatic N) is 1. The van der Waals surface area contributed by atoms with Gasteiger partial charge in [0.05, 0.1) is 12.3 Å². The number of ether oxygens (including phenoxy) is 2. The molecule has 1 aromatic heterocycles. The summed E-state index contributed by atoms with van der Waals surface area (Å²) in [6.45, 7) is 4.94. The molecule has 0 saturated heterocycles. The van der Waals surface area contributed by atoms with Gasteiger partial charge in [0.25, 0.3) is 5.19 Å². The van der Waals surface area contributed by atoms with Crippen molar-refractivity contribution in [1.82, 2.24) is 4.98 Å². The summed E-state index contributed by atoms with van der Waals surface area (Å²) >= 11 is 1.47. The summed E-state index contributed by atoms with van der Waals surface area (Å²) < 4.78 is 11.3. The van der Waals surface area contributed by atoms with Gasteiger partial charge in [-0.25, -0.2) is 4.98 Å². The highest BCUT2D eigenvalue weighted by atomic mass is 32.1. The van der Waals surface area contributed by atoms with Crippen LogP contribution in [0.4, 0.5) is 0 Å². The van der Waals surface area contributed by atoms with Crippen LogP contribution in [0.25, 0.3) is 0 Å². The predicted octanol–water partition coefficient (Wildman–Crippen LogP) is 3.10. The number of hydrogen-bond donors (Lipinski definition) is 1. The fourth-order valence-electron chi connectivity index (χ4n) is 1.51. The van der Waals surface area contributed by atoms with Crippen LogP contribution in [0.2, 0.25) is 0 Å². The summed E-state index contributed by atoms with van der Waals surface area (Å²) in [6, 6.07) is 5.70. The van der Waals surface area contributed by atoms with Crippen molar-refractivity contribution in [3.05, 3.63) is 34.8 Å². The van der Waals surface area contributed by atoms with Crippen molar-refractivity contribution >= 4 is 11.3 Å². The van der Waals surface area contributed by atoms with Crippen molar-refractivity contribution in [3.8, 4) is 16.7 Å². The second-order valence-electron chi connectivity index (χ2n) is 3.78. The fourth-order valence-corrected chi connectivity index (χ4v) is 2.16. The van der Waals surface area contributed by atoms with E-state index in [4.69, 9.17) is 15.2 Å². The van der Waals surface area contributed by atoms with Crippen molar-refractivity contribution in [2.45, 2.75) is 20.4 Å². The lowest BCUT2D eigenvalue weighted by molar-refractivity contribution is 0.320. The van der Waals surface area contributed by atoms with Gasteiger partial charge in [-0.1, -0.05) is 17.4 Å². The fraction of sp³-hybridized carbons (Fsp3) is 0.308. The first-order valence-corrected chi connectivity index (χ1v) is 6.66. The Kier molecular flexibility index (Phi) is 4.17. The lowest BCUT2D eigenvalue weighted by Gasteiger charge is -2.11. The molecule has 0 fully saturated rings. The topological polar surface area (TPSA) is 57.4 Å². The van der Waals surface area contributed by atoms with E-state index in [2.05, 4.69) is 4.98 Å². The van der Waals surface area contributed by atoms with Gasteiger partial charge < -0.3 is 15.2 Å². The average molecular weight is 264 g/mol. The molecule has 2 aromatic rings. The highest BCUT2D eigenvalue weighted by Crippen LogP contribution is 2.33. The highest BCUT2D eigenvalue weighted by molar-refractivity contribution is 7.11. The highest BCUT2D eigenvalue weighted by Gasteiger charge is 2.09. The first-order chi connectivity index (χ1) is 8.72. The molecule has 1 aromatic carbocycles. The Bertz CT molecular complexity index is 525. The molecular weight excluding hydrogens is 248 g/mol. The van der Waals surface area contributed by atoms with Crippen molar-refractivity contribution in [1.29, 1.82) is 0 Å². The Morgan fingerprint density at radius 1 is 1.33 bits per heavy atom. The van der Waals surface area contributed by atoms with Crippen LogP contribution in [-0.2, 0) is 6.54 Å². The normalized spacial score (nSPS) is 10.4. The molecule has 0 amide bonds. The second-order valence-corrected chi connectivity index (χ2v) is 4.60. The molecule has 5 heteroatoms. The van der Waals surface area contributed by atoms with Gasteiger partial charge in [-0.15, -0.1) is 0 Å². The SMILES string of the molecule is CCOc1cc(CN)ccc1Oc1nc(C)cs1. The van der Waals surface area contributed by atoms with Gasteiger partial charge in [-0.3, -0.25) is 0 Å². The molecule has 2 rings (SSSR count). The maximum atomic E-state index is 5.72. The first kappa shape index (κ1) is 12.9. The number of benzene rings is 1. The molecule has 1 heterocycles. The number of thiazole rings is 1. The number of aromatic nitrogens is 1. The van der Waals surface area contributed by atoms with E-state index < -0.39 is 0 Å². The van der Waals surface area contributed by atoms with Gasteiger partial charge in [-0.2, -0.15) is 0 Å². The van der Waals surface area contributed by atoms with Crippen molar-refractivity contribution in [2.75, 3.05) is 6.61 Å². The van der Waals surface area contributed by atoms with E-state index in [9.17, 15) is 0 Å². The maximum absolute atomic E-state index is 5.72. The Morgan fingerprint density at radius 3 is 2.78 bits per heavy atom. The molecule has 0 aliphatic heterocycles. The van der Waals surface area contributed by atoms with Gasteiger partial charge in [0.1, 0.15) is 0 Å². The van der Waals surface area contributed by atoms with E-state index in [1.165, 1.54) is 11.3 Å². The number of aryl methyl sites for hydroxylation is 1. The van der Waals surface area contributed by atoms with Crippen molar-refractivity contribution < 1.29 is 9.47 Å². The molecule has 0 atom stereocenters. The molecule has 0 bridgehead atoms. The van der Waals surface area contributed by atoms with Crippen LogP contribution < -0.4 is 15.2 Å². The minimum absolute atomic E-state index is 0.483. The summed E-state index contributed by atoms with van der Waals surface area (Å²) in [5.41, 5.74) is 7.58. The summed E-state index contributed by atoms with van der Waals surface area (Å²) in [7, 11) is 0. The van der Waals surface area contributed by atoms with Gasteiger partial charge in [0, 0.05) is 11.9 Å². The van der Waals surface area contributed by atoms with Crippen LogP contribution >= 0.6 is 11.3 Å². The molecule has 18 heavy (non-hydrogen) atoms. The maximum Gasteiger partial charge on any atom is 0.279 e. The Balaban J connectivity index is 2.25. The Hall–Kier alpha value is -1.59. The third kappa shape index (κ3) is 3.00. The lowest BCUT2D eigenvalue weighted by Crippen LogP contribution is -2.00. The molecule has 0 spiro atoms. The summed E-state index contributed by atoms with van der Waals surface area (Å²) in [4.78, 5) is 4.27. The largest absolute Gasteiger partial charge is 0.490 e. The monoisotopic (exact) mass is 264 g/mol. The van der Waals surface area contributed by atoms with Crippen LogP contribution in [-0.4, -0.2) is 11.6 Å². The second kappa shape index (κ2) is 5.84. The van der Waals surface area contributed by atoms with Crippen LogP contribution in [0.15, 0.2) is 23.6 Å². The van der Waals surface area contributed by atoms with E-state index in [0.29, 0.717) is 29.8 Å². The van der Waals surface area contributed by atoms with Crippen LogP contribution in [0.5, 0.6) is 16.7 Å². The molecular formula is C13H16N2O2S. The Morgan fingerprint density at radius 2 is 2.17 bits per heavy atom. The van der Waals surface area contributed by atoms with Crippen LogP contribution in [0.3, 0.4) is 0 Å².